The van der Waals surface area contributed by atoms with Gasteiger partial charge in [-0.25, -0.2) is 4.79 Å². The van der Waals surface area contributed by atoms with Crippen LogP contribution in [0.25, 0.3) is 0 Å². The fourth-order valence-electron chi connectivity index (χ4n) is 2.68. The summed E-state index contributed by atoms with van der Waals surface area (Å²) in [5, 5.41) is 9.37. The smallest absolute Gasteiger partial charge is 0.337 e. The molecule has 0 radical (unpaired) electrons. The second-order valence-electron chi connectivity index (χ2n) is 5.16. The molecule has 2 aromatic carbocycles. The number of phenols is 1. The van der Waals surface area contributed by atoms with E-state index in [-0.39, 0.29) is 23.7 Å². The van der Waals surface area contributed by atoms with Crippen LogP contribution in [0.1, 0.15) is 40.4 Å². The lowest BCUT2D eigenvalue weighted by Gasteiger charge is -2.15. The average molecular weight is 284 g/mol. The van der Waals surface area contributed by atoms with E-state index in [4.69, 9.17) is 9.47 Å². The van der Waals surface area contributed by atoms with Crippen LogP contribution in [0.5, 0.6) is 11.5 Å². The molecule has 0 unspecified atom stereocenters. The van der Waals surface area contributed by atoms with Gasteiger partial charge in [-0.05, 0) is 35.9 Å². The van der Waals surface area contributed by atoms with Crippen LogP contribution in [0, 0.1) is 0 Å². The number of carbonyl (C=O) groups excluding carboxylic acids is 1. The third kappa shape index (κ3) is 2.33. The highest BCUT2D eigenvalue weighted by molar-refractivity contribution is 5.89. The van der Waals surface area contributed by atoms with E-state index < -0.39 is 0 Å². The van der Waals surface area contributed by atoms with Crippen molar-refractivity contribution in [2.24, 2.45) is 0 Å². The van der Waals surface area contributed by atoms with Gasteiger partial charge in [0.15, 0.2) is 0 Å². The summed E-state index contributed by atoms with van der Waals surface area (Å²) in [6.07, 6.45) is -0.117. The van der Waals surface area contributed by atoms with Gasteiger partial charge in [-0.15, -0.1) is 0 Å². The number of methoxy groups -OCH3 is 1. The molecule has 2 aromatic rings. The van der Waals surface area contributed by atoms with Gasteiger partial charge < -0.3 is 14.6 Å². The molecule has 2 atom stereocenters. The lowest BCUT2D eigenvalue weighted by molar-refractivity contribution is 0.0600. The SMILES string of the molecule is COC(=O)c1ccc2c(c1)[C@@H](C)[C@H](c1ccc(O)cc1)O2. The zero-order valence-corrected chi connectivity index (χ0v) is 11.9. The van der Waals surface area contributed by atoms with E-state index in [2.05, 4.69) is 6.92 Å². The maximum atomic E-state index is 11.6. The highest BCUT2D eigenvalue weighted by Gasteiger charge is 2.32. The molecule has 4 nitrogen and oxygen atoms in total. The van der Waals surface area contributed by atoms with E-state index in [1.54, 1.807) is 24.3 Å². The van der Waals surface area contributed by atoms with Gasteiger partial charge in [0, 0.05) is 11.5 Å². The summed E-state index contributed by atoms with van der Waals surface area (Å²) in [7, 11) is 1.37. The number of phenolic OH excluding ortho intramolecular Hbond substituents is 1. The molecule has 0 saturated heterocycles. The molecule has 1 N–H and O–H groups in total. The molecule has 1 aliphatic heterocycles. The summed E-state index contributed by atoms with van der Waals surface area (Å²) >= 11 is 0. The Kier molecular flexibility index (Phi) is 3.29. The molecule has 1 aliphatic rings. The Labute approximate surface area is 122 Å². The van der Waals surface area contributed by atoms with Gasteiger partial charge >= 0.3 is 5.97 Å². The van der Waals surface area contributed by atoms with Crippen molar-refractivity contribution < 1.29 is 19.4 Å². The summed E-state index contributed by atoms with van der Waals surface area (Å²) < 4.78 is 10.7. The third-order valence-electron chi connectivity index (χ3n) is 3.85. The zero-order chi connectivity index (χ0) is 15.0. The van der Waals surface area contributed by atoms with Crippen molar-refractivity contribution in [3.05, 3.63) is 59.2 Å². The van der Waals surface area contributed by atoms with Gasteiger partial charge in [-0.3, -0.25) is 0 Å². The molecule has 0 aromatic heterocycles. The second-order valence-corrected chi connectivity index (χ2v) is 5.16. The summed E-state index contributed by atoms with van der Waals surface area (Å²) in [5.74, 6) is 0.787. The predicted octanol–water partition coefficient (Wildman–Crippen LogP) is 3.42. The van der Waals surface area contributed by atoms with Crippen LogP contribution < -0.4 is 4.74 Å². The summed E-state index contributed by atoms with van der Waals surface area (Å²) in [5.41, 5.74) is 2.52. The predicted molar refractivity (Wildman–Crippen MR) is 77.7 cm³/mol. The van der Waals surface area contributed by atoms with Gasteiger partial charge in [-0.1, -0.05) is 19.1 Å². The molecule has 21 heavy (non-hydrogen) atoms. The molecule has 0 fully saturated rings. The van der Waals surface area contributed by atoms with Gasteiger partial charge in [0.1, 0.15) is 17.6 Å². The largest absolute Gasteiger partial charge is 0.508 e. The van der Waals surface area contributed by atoms with Gasteiger partial charge in [0.2, 0.25) is 0 Å². The maximum Gasteiger partial charge on any atom is 0.337 e. The topological polar surface area (TPSA) is 55.8 Å². The van der Waals surface area contributed by atoms with Crippen molar-refractivity contribution >= 4 is 5.97 Å². The number of carbonyl (C=O) groups is 1. The van der Waals surface area contributed by atoms with Crippen molar-refractivity contribution in [2.75, 3.05) is 7.11 Å². The number of aromatic hydroxyl groups is 1. The van der Waals surface area contributed by atoms with Crippen molar-refractivity contribution in [3.8, 4) is 11.5 Å². The molecule has 3 rings (SSSR count). The van der Waals surface area contributed by atoms with E-state index in [1.165, 1.54) is 7.11 Å². The number of fused-ring (bicyclic) bond motifs is 1. The molecule has 0 saturated carbocycles. The van der Waals surface area contributed by atoms with Crippen LogP contribution in [0.4, 0.5) is 0 Å². The Morgan fingerprint density at radius 2 is 1.90 bits per heavy atom. The van der Waals surface area contributed by atoms with E-state index in [9.17, 15) is 9.90 Å². The standard InChI is InChI=1S/C17H16O4/c1-10-14-9-12(17(19)20-2)5-8-15(14)21-16(10)11-3-6-13(18)7-4-11/h3-10,16,18H,1-2H3/t10-,16-/m1/s1. The Hall–Kier alpha value is -2.49. The highest BCUT2D eigenvalue weighted by atomic mass is 16.5. The number of esters is 1. The fraction of sp³-hybridized carbons (Fsp3) is 0.235. The summed E-state index contributed by atoms with van der Waals surface area (Å²) in [6.45, 7) is 2.06. The third-order valence-corrected chi connectivity index (χ3v) is 3.85. The van der Waals surface area contributed by atoms with Crippen molar-refractivity contribution in [2.45, 2.75) is 18.9 Å². The number of hydrogen-bond donors (Lipinski definition) is 1. The minimum atomic E-state index is -0.349. The first kappa shape index (κ1) is 13.5. The Bertz CT molecular complexity index is 676. The van der Waals surface area contributed by atoms with Crippen molar-refractivity contribution in [1.82, 2.24) is 0 Å². The van der Waals surface area contributed by atoms with E-state index >= 15 is 0 Å². The van der Waals surface area contributed by atoms with Crippen LogP contribution >= 0.6 is 0 Å². The minimum absolute atomic E-state index is 0.117. The first-order valence-electron chi connectivity index (χ1n) is 6.78. The normalized spacial score (nSPS) is 19.7. The Morgan fingerprint density at radius 3 is 2.57 bits per heavy atom. The van der Waals surface area contributed by atoms with Crippen LogP contribution in [0.15, 0.2) is 42.5 Å². The Balaban J connectivity index is 1.93. The monoisotopic (exact) mass is 284 g/mol. The average Bonchev–Trinajstić information content (AvgIpc) is 2.84. The molecule has 0 amide bonds. The van der Waals surface area contributed by atoms with E-state index in [0.29, 0.717) is 5.56 Å². The van der Waals surface area contributed by atoms with Crippen LogP contribution in [-0.2, 0) is 4.74 Å². The highest BCUT2D eigenvalue weighted by Crippen LogP contribution is 2.46. The molecule has 0 spiro atoms. The number of benzene rings is 2. The molecule has 108 valence electrons. The van der Waals surface area contributed by atoms with E-state index in [1.807, 2.05) is 18.2 Å². The fourth-order valence-corrected chi connectivity index (χ4v) is 2.68. The van der Waals surface area contributed by atoms with Gasteiger partial charge in [0.05, 0.1) is 12.7 Å². The van der Waals surface area contributed by atoms with Gasteiger partial charge in [0.25, 0.3) is 0 Å². The first-order valence-corrected chi connectivity index (χ1v) is 6.78. The lowest BCUT2D eigenvalue weighted by atomic mass is 9.92. The van der Waals surface area contributed by atoms with Crippen LogP contribution in [0.2, 0.25) is 0 Å². The van der Waals surface area contributed by atoms with E-state index in [0.717, 1.165) is 16.9 Å². The Morgan fingerprint density at radius 1 is 1.19 bits per heavy atom. The first-order chi connectivity index (χ1) is 10.1. The number of ether oxygens (including phenoxy) is 2. The van der Waals surface area contributed by atoms with Crippen LogP contribution in [0.3, 0.4) is 0 Å². The summed E-state index contributed by atoms with van der Waals surface area (Å²) in [6, 6.07) is 12.3. The molecule has 0 bridgehead atoms. The number of hydrogen-bond acceptors (Lipinski definition) is 4. The number of rotatable bonds is 2. The molecule has 4 heteroatoms. The quantitative estimate of drug-likeness (QED) is 0.859. The maximum absolute atomic E-state index is 11.6. The van der Waals surface area contributed by atoms with Gasteiger partial charge in [-0.2, -0.15) is 0 Å². The molecular formula is C17H16O4. The lowest BCUT2D eigenvalue weighted by Crippen LogP contribution is -2.07. The zero-order valence-electron chi connectivity index (χ0n) is 11.9. The second kappa shape index (κ2) is 5.13. The minimum Gasteiger partial charge on any atom is -0.508 e. The van der Waals surface area contributed by atoms with Crippen LogP contribution in [-0.4, -0.2) is 18.2 Å². The summed E-state index contributed by atoms with van der Waals surface area (Å²) in [4.78, 5) is 11.6. The molecule has 1 heterocycles. The van der Waals surface area contributed by atoms with Crippen molar-refractivity contribution in [1.29, 1.82) is 0 Å². The molecular weight excluding hydrogens is 268 g/mol. The molecule has 0 aliphatic carbocycles. The van der Waals surface area contributed by atoms with Crippen molar-refractivity contribution in [3.63, 3.8) is 0 Å².